The third-order valence-electron chi connectivity index (χ3n) is 3.85. The Bertz CT molecular complexity index is 988. The molecule has 0 amide bonds. The average Bonchev–Trinajstić information content (AvgIpc) is 2.70. The predicted molar refractivity (Wildman–Crippen MR) is 111 cm³/mol. The van der Waals surface area contributed by atoms with E-state index in [4.69, 9.17) is 9.47 Å². The summed E-state index contributed by atoms with van der Waals surface area (Å²) in [6.45, 7) is 5.19. The lowest BCUT2D eigenvalue weighted by Gasteiger charge is -2.24. The first-order valence-electron chi connectivity index (χ1n) is 9.34. The molecule has 0 aromatic heterocycles. The van der Waals surface area contributed by atoms with E-state index in [0.717, 1.165) is 16.8 Å². The largest absolute Gasteiger partial charge is 0.494 e. The molecule has 0 fully saturated rings. The van der Waals surface area contributed by atoms with Gasteiger partial charge >= 0.3 is 5.97 Å². The third-order valence-corrected chi connectivity index (χ3v) is 5.62. The van der Waals surface area contributed by atoms with Crippen LogP contribution in [0.4, 0.5) is 11.4 Å². The number of non-ortho nitro benzene ring substituents is 1. The summed E-state index contributed by atoms with van der Waals surface area (Å²) >= 11 is 0. The van der Waals surface area contributed by atoms with Crippen LogP contribution >= 0.6 is 0 Å². The number of rotatable bonds is 10. The number of esters is 1. The number of carbonyl (C=O) groups excluding carboxylic acids is 1. The van der Waals surface area contributed by atoms with Gasteiger partial charge in [-0.05, 0) is 50.6 Å². The topological polar surface area (TPSA) is 116 Å². The number of ether oxygens (including phenoxy) is 2. The van der Waals surface area contributed by atoms with Gasteiger partial charge in [0.25, 0.3) is 15.7 Å². The minimum absolute atomic E-state index is 0.200. The Balaban J connectivity index is 2.45. The molecule has 2 aromatic rings. The number of nitrogens with zero attached hydrogens (tertiary/aromatic N) is 2. The van der Waals surface area contributed by atoms with Crippen molar-refractivity contribution in [2.45, 2.75) is 38.2 Å². The number of nitro groups is 1. The van der Waals surface area contributed by atoms with Crippen molar-refractivity contribution >= 4 is 27.4 Å². The molecule has 2 rings (SSSR count). The number of hydrogen-bond acceptors (Lipinski definition) is 7. The molecule has 9 nitrogen and oxygen atoms in total. The molecule has 0 aliphatic heterocycles. The fraction of sp³-hybridized carbons (Fsp3) is 0.350. The monoisotopic (exact) mass is 436 g/mol. The summed E-state index contributed by atoms with van der Waals surface area (Å²) in [6, 6.07) is 10.8. The normalized spacial score (nSPS) is 11.2. The van der Waals surface area contributed by atoms with Gasteiger partial charge in [-0.3, -0.25) is 19.2 Å². The summed E-state index contributed by atoms with van der Waals surface area (Å²) in [5.74, 6) is -0.191. The SMILES string of the molecule is CCCOc1ccc(N(CC(=O)OC(C)C)S(=O)(=O)c2cccc([N+](=O)[O-])c2)cc1. The molecule has 10 heteroatoms. The lowest BCUT2D eigenvalue weighted by Crippen LogP contribution is -2.37. The summed E-state index contributed by atoms with van der Waals surface area (Å²) in [4.78, 5) is 22.3. The van der Waals surface area contributed by atoms with Crippen LogP contribution in [0.5, 0.6) is 5.75 Å². The molecule has 0 bridgehead atoms. The third kappa shape index (κ3) is 5.93. The molecule has 0 spiro atoms. The fourth-order valence-electron chi connectivity index (χ4n) is 2.55. The Morgan fingerprint density at radius 3 is 2.40 bits per heavy atom. The Morgan fingerprint density at radius 2 is 1.83 bits per heavy atom. The van der Waals surface area contributed by atoms with Crippen molar-refractivity contribution in [3.05, 3.63) is 58.6 Å². The zero-order chi connectivity index (χ0) is 22.3. The maximum atomic E-state index is 13.3. The van der Waals surface area contributed by atoms with Crippen molar-refractivity contribution in [3.8, 4) is 5.75 Å². The second kappa shape index (κ2) is 10.1. The number of nitro benzene ring substituents is 1. The number of carbonyl (C=O) groups is 1. The molecular formula is C20H24N2O7S. The van der Waals surface area contributed by atoms with Gasteiger partial charge < -0.3 is 9.47 Å². The standard InChI is InChI=1S/C20H24N2O7S/c1-4-12-28-18-10-8-16(9-11-18)21(14-20(23)29-15(2)3)30(26,27)19-7-5-6-17(13-19)22(24)25/h5-11,13,15H,4,12,14H2,1-3H3. The van der Waals surface area contributed by atoms with Crippen molar-refractivity contribution in [2.24, 2.45) is 0 Å². The van der Waals surface area contributed by atoms with E-state index in [1.807, 2.05) is 6.92 Å². The highest BCUT2D eigenvalue weighted by atomic mass is 32.2. The predicted octanol–water partition coefficient (Wildman–Crippen LogP) is 3.53. The Kier molecular flexibility index (Phi) is 7.76. The molecule has 0 aliphatic rings. The quantitative estimate of drug-likeness (QED) is 0.318. The van der Waals surface area contributed by atoms with E-state index in [9.17, 15) is 23.3 Å². The van der Waals surface area contributed by atoms with Crippen molar-refractivity contribution < 1.29 is 27.6 Å². The van der Waals surface area contributed by atoms with E-state index in [0.29, 0.717) is 12.4 Å². The van der Waals surface area contributed by atoms with Gasteiger partial charge in [0.2, 0.25) is 0 Å². The van der Waals surface area contributed by atoms with Crippen LogP contribution in [-0.4, -0.2) is 38.6 Å². The molecule has 0 atom stereocenters. The summed E-state index contributed by atoms with van der Waals surface area (Å²) in [5, 5.41) is 11.1. The zero-order valence-corrected chi connectivity index (χ0v) is 17.8. The second-order valence-electron chi connectivity index (χ2n) is 6.65. The van der Waals surface area contributed by atoms with Crippen molar-refractivity contribution in [2.75, 3.05) is 17.5 Å². The van der Waals surface area contributed by atoms with Crippen LogP contribution in [0, 0.1) is 10.1 Å². The molecule has 0 heterocycles. The van der Waals surface area contributed by atoms with E-state index < -0.39 is 33.6 Å². The molecule has 0 saturated heterocycles. The first kappa shape index (κ1) is 23.1. The molecule has 2 aromatic carbocycles. The Hall–Kier alpha value is -3.14. The molecular weight excluding hydrogens is 412 g/mol. The van der Waals surface area contributed by atoms with Crippen LogP contribution in [0.15, 0.2) is 53.4 Å². The van der Waals surface area contributed by atoms with Crippen LogP contribution < -0.4 is 9.04 Å². The summed E-state index contributed by atoms with van der Waals surface area (Å²) in [5.41, 5.74) is -0.171. The van der Waals surface area contributed by atoms with Gasteiger partial charge in [-0.2, -0.15) is 0 Å². The van der Waals surface area contributed by atoms with Crippen LogP contribution in [0.2, 0.25) is 0 Å². The lowest BCUT2D eigenvalue weighted by atomic mass is 10.3. The Labute approximate surface area is 175 Å². The highest BCUT2D eigenvalue weighted by Crippen LogP contribution is 2.27. The maximum absolute atomic E-state index is 13.3. The van der Waals surface area contributed by atoms with E-state index in [1.54, 1.807) is 26.0 Å². The van der Waals surface area contributed by atoms with Gasteiger partial charge in [0.1, 0.15) is 12.3 Å². The number of hydrogen-bond donors (Lipinski definition) is 0. The zero-order valence-electron chi connectivity index (χ0n) is 17.0. The van der Waals surface area contributed by atoms with Gasteiger partial charge in [-0.15, -0.1) is 0 Å². The van der Waals surface area contributed by atoms with Gasteiger partial charge in [0.05, 0.1) is 28.2 Å². The lowest BCUT2D eigenvalue weighted by molar-refractivity contribution is -0.385. The van der Waals surface area contributed by atoms with Crippen LogP contribution in [0.3, 0.4) is 0 Å². The highest BCUT2D eigenvalue weighted by Gasteiger charge is 2.29. The number of benzene rings is 2. The van der Waals surface area contributed by atoms with Crippen LogP contribution in [-0.2, 0) is 19.6 Å². The van der Waals surface area contributed by atoms with E-state index >= 15 is 0 Å². The molecule has 0 N–H and O–H groups in total. The maximum Gasteiger partial charge on any atom is 0.327 e. The molecule has 162 valence electrons. The highest BCUT2D eigenvalue weighted by molar-refractivity contribution is 7.92. The van der Waals surface area contributed by atoms with Gasteiger partial charge in [-0.25, -0.2) is 8.42 Å². The van der Waals surface area contributed by atoms with Crippen LogP contribution in [0.25, 0.3) is 0 Å². The van der Waals surface area contributed by atoms with E-state index in [1.165, 1.54) is 30.3 Å². The fourth-order valence-corrected chi connectivity index (χ4v) is 4.00. The minimum Gasteiger partial charge on any atom is -0.494 e. The average molecular weight is 436 g/mol. The van der Waals surface area contributed by atoms with E-state index in [-0.39, 0.29) is 16.3 Å². The smallest absolute Gasteiger partial charge is 0.327 e. The summed E-state index contributed by atoms with van der Waals surface area (Å²) < 4.78 is 38.0. The van der Waals surface area contributed by atoms with Crippen LogP contribution in [0.1, 0.15) is 27.2 Å². The minimum atomic E-state index is -4.28. The van der Waals surface area contributed by atoms with E-state index in [2.05, 4.69) is 0 Å². The van der Waals surface area contributed by atoms with Crippen molar-refractivity contribution in [1.29, 1.82) is 0 Å². The Morgan fingerprint density at radius 1 is 1.17 bits per heavy atom. The van der Waals surface area contributed by atoms with Crippen molar-refractivity contribution in [3.63, 3.8) is 0 Å². The number of sulfonamides is 1. The first-order chi connectivity index (χ1) is 14.1. The second-order valence-corrected chi connectivity index (χ2v) is 8.51. The van der Waals surface area contributed by atoms with Crippen molar-refractivity contribution in [1.82, 2.24) is 0 Å². The van der Waals surface area contributed by atoms with Gasteiger partial charge in [-0.1, -0.05) is 13.0 Å². The summed E-state index contributed by atoms with van der Waals surface area (Å²) in [7, 11) is -4.28. The first-order valence-corrected chi connectivity index (χ1v) is 10.8. The van der Waals surface area contributed by atoms with Gasteiger partial charge in [0.15, 0.2) is 0 Å². The molecule has 0 aliphatic carbocycles. The molecule has 0 saturated carbocycles. The summed E-state index contributed by atoms with van der Waals surface area (Å²) in [6.07, 6.45) is 0.389. The molecule has 30 heavy (non-hydrogen) atoms. The molecule has 0 unspecified atom stereocenters. The molecule has 0 radical (unpaired) electrons. The number of anilines is 1. The van der Waals surface area contributed by atoms with Gasteiger partial charge in [0, 0.05) is 12.1 Å².